The Labute approximate surface area is 140 Å². The third kappa shape index (κ3) is 4.30. The number of nitrogens with one attached hydrogen (secondary N) is 1. The van der Waals surface area contributed by atoms with Gasteiger partial charge in [0, 0.05) is 11.8 Å². The second-order valence-electron chi connectivity index (χ2n) is 4.87. The zero-order valence-corrected chi connectivity index (χ0v) is 13.8. The number of anilines is 1. The van der Waals surface area contributed by atoms with Crippen molar-refractivity contribution in [2.75, 3.05) is 4.72 Å². The first-order valence-electron chi connectivity index (χ1n) is 7.08. The number of allylic oxidation sites excluding steroid dienone is 1. The Morgan fingerprint density at radius 2 is 1.79 bits per heavy atom. The smallest absolute Gasteiger partial charge is 0.261 e. The van der Waals surface area contributed by atoms with Gasteiger partial charge in [0.25, 0.3) is 10.0 Å². The largest absolute Gasteiger partial charge is 0.405 e. The van der Waals surface area contributed by atoms with Gasteiger partial charge in [0.15, 0.2) is 5.78 Å². The summed E-state index contributed by atoms with van der Waals surface area (Å²) in [7, 11) is -3.79. The number of ketones is 1. The highest BCUT2D eigenvalue weighted by atomic mass is 32.2. The van der Waals surface area contributed by atoms with E-state index in [1.54, 1.807) is 24.3 Å². The van der Waals surface area contributed by atoms with Crippen LogP contribution in [0.4, 0.5) is 11.4 Å². The number of aliphatic imine (C=N–C) groups is 1. The third-order valence-electron chi connectivity index (χ3n) is 3.13. The summed E-state index contributed by atoms with van der Waals surface area (Å²) >= 11 is 0. The second-order valence-corrected chi connectivity index (χ2v) is 6.55. The van der Waals surface area contributed by atoms with Gasteiger partial charge in [-0.15, -0.1) is 0 Å². The molecule has 0 bridgehead atoms. The molecule has 2 aromatic rings. The van der Waals surface area contributed by atoms with E-state index in [0.717, 1.165) is 0 Å². The first-order valence-corrected chi connectivity index (χ1v) is 8.56. The Balaban J connectivity index is 2.31. The summed E-state index contributed by atoms with van der Waals surface area (Å²) in [5, 5.41) is 0. The molecule has 0 spiro atoms. The zero-order chi connectivity index (χ0) is 17.6. The summed E-state index contributed by atoms with van der Waals surface area (Å²) in [5.74, 6) is -0.125. The molecule has 0 saturated heterocycles. The summed E-state index contributed by atoms with van der Waals surface area (Å²) in [4.78, 5) is 15.5. The van der Waals surface area contributed by atoms with E-state index in [-0.39, 0.29) is 10.7 Å². The number of sulfonamides is 1. The predicted octanol–water partition coefficient (Wildman–Crippen LogP) is 2.86. The maximum atomic E-state index is 12.5. The fourth-order valence-electron chi connectivity index (χ4n) is 1.92. The number of benzene rings is 2. The van der Waals surface area contributed by atoms with Crippen LogP contribution in [0, 0.1) is 0 Å². The SMILES string of the molecule is CC(=O)c1ccc(S(=O)(=O)Nc2ccccc2N=C/C=C\N)cc1. The van der Waals surface area contributed by atoms with Crippen molar-refractivity contribution >= 4 is 33.4 Å². The van der Waals surface area contributed by atoms with Crippen LogP contribution < -0.4 is 10.5 Å². The highest BCUT2D eigenvalue weighted by Crippen LogP contribution is 2.26. The molecule has 0 aliphatic heterocycles. The van der Waals surface area contributed by atoms with Gasteiger partial charge in [-0.3, -0.25) is 14.5 Å². The molecular weight excluding hydrogens is 326 g/mol. The van der Waals surface area contributed by atoms with Crippen molar-refractivity contribution in [1.82, 2.24) is 0 Å². The Morgan fingerprint density at radius 1 is 1.12 bits per heavy atom. The molecule has 0 unspecified atom stereocenters. The predicted molar refractivity (Wildman–Crippen MR) is 95.2 cm³/mol. The maximum Gasteiger partial charge on any atom is 0.261 e. The number of carbonyl (C=O) groups is 1. The normalized spacial score (nSPS) is 11.9. The number of carbonyl (C=O) groups excluding carboxylic acids is 1. The van der Waals surface area contributed by atoms with Gasteiger partial charge in [0.05, 0.1) is 16.3 Å². The van der Waals surface area contributed by atoms with Crippen molar-refractivity contribution in [3.8, 4) is 0 Å². The average Bonchev–Trinajstić information content (AvgIpc) is 2.56. The van der Waals surface area contributed by atoms with Crippen LogP contribution >= 0.6 is 0 Å². The van der Waals surface area contributed by atoms with E-state index in [1.807, 2.05) is 0 Å². The van der Waals surface area contributed by atoms with Crippen molar-refractivity contribution in [2.24, 2.45) is 10.7 Å². The van der Waals surface area contributed by atoms with Crippen molar-refractivity contribution < 1.29 is 13.2 Å². The Kier molecular flexibility index (Phi) is 5.49. The molecule has 2 aromatic carbocycles. The van der Waals surface area contributed by atoms with Crippen LogP contribution in [0.1, 0.15) is 17.3 Å². The van der Waals surface area contributed by atoms with Crippen LogP contribution in [0.15, 0.2) is 70.7 Å². The van der Waals surface area contributed by atoms with Crippen molar-refractivity contribution in [2.45, 2.75) is 11.8 Å². The van der Waals surface area contributed by atoms with E-state index in [1.165, 1.54) is 49.7 Å². The lowest BCUT2D eigenvalue weighted by Crippen LogP contribution is -2.13. The third-order valence-corrected chi connectivity index (χ3v) is 4.51. The average molecular weight is 343 g/mol. The van der Waals surface area contributed by atoms with Crippen molar-refractivity contribution in [3.05, 3.63) is 66.4 Å². The number of para-hydroxylation sites is 2. The minimum absolute atomic E-state index is 0.0631. The summed E-state index contributed by atoms with van der Waals surface area (Å²) in [5.41, 5.74) is 6.49. The molecule has 124 valence electrons. The number of hydrogen-bond acceptors (Lipinski definition) is 5. The fraction of sp³-hybridized carbons (Fsp3) is 0.0588. The van der Waals surface area contributed by atoms with Gasteiger partial charge in [-0.05, 0) is 43.5 Å². The molecule has 0 aliphatic rings. The van der Waals surface area contributed by atoms with Gasteiger partial charge < -0.3 is 5.73 Å². The zero-order valence-electron chi connectivity index (χ0n) is 13.0. The molecule has 0 radical (unpaired) electrons. The summed E-state index contributed by atoms with van der Waals surface area (Å²) in [6, 6.07) is 12.5. The van der Waals surface area contributed by atoms with Crippen LogP contribution in [0.2, 0.25) is 0 Å². The fourth-order valence-corrected chi connectivity index (χ4v) is 2.99. The highest BCUT2D eigenvalue weighted by molar-refractivity contribution is 7.92. The van der Waals surface area contributed by atoms with Gasteiger partial charge in [0.2, 0.25) is 0 Å². The molecule has 6 nitrogen and oxygen atoms in total. The Hall–Kier alpha value is -2.93. The number of rotatable bonds is 6. The lowest BCUT2D eigenvalue weighted by Gasteiger charge is -2.10. The summed E-state index contributed by atoms with van der Waals surface area (Å²) < 4.78 is 27.5. The lowest BCUT2D eigenvalue weighted by atomic mass is 10.2. The Bertz CT molecular complexity index is 886. The molecule has 24 heavy (non-hydrogen) atoms. The monoisotopic (exact) mass is 343 g/mol. The topological polar surface area (TPSA) is 102 Å². The molecule has 7 heteroatoms. The molecule has 2 rings (SSSR count). The molecule has 0 fully saturated rings. The standard InChI is InChI=1S/C17H17N3O3S/c1-13(21)14-7-9-15(10-8-14)24(22,23)20-17-6-3-2-5-16(17)19-12-4-11-18/h2-12,20H,18H2,1H3/b11-4-,19-12?. The van der Waals surface area contributed by atoms with Crippen LogP contribution in [0.3, 0.4) is 0 Å². The first kappa shape index (κ1) is 17.4. The number of hydrogen-bond donors (Lipinski definition) is 2. The lowest BCUT2D eigenvalue weighted by molar-refractivity contribution is 0.101. The summed E-state index contributed by atoms with van der Waals surface area (Å²) in [6.45, 7) is 1.42. The van der Waals surface area contributed by atoms with Crippen LogP contribution in [0.5, 0.6) is 0 Å². The Morgan fingerprint density at radius 3 is 2.42 bits per heavy atom. The molecule has 0 heterocycles. The molecule has 0 aliphatic carbocycles. The minimum atomic E-state index is -3.79. The van der Waals surface area contributed by atoms with E-state index in [2.05, 4.69) is 9.71 Å². The molecule has 3 N–H and O–H groups in total. The summed E-state index contributed by atoms with van der Waals surface area (Å²) in [6.07, 6.45) is 4.33. The highest BCUT2D eigenvalue weighted by Gasteiger charge is 2.16. The van der Waals surface area contributed by atoms with E-state index in [9.17, 15) is 13.2 Å². The van der Waals surface area contributed by atoms with Gasteiger partial charge >= 0.3 is 0 Å². The maximum absolute atomic E-state index is 12.5. The van der Waals surface area contributed by atoms with E-state index in [4.69, 9.17) is 5.73 Å². The number of Topliss-reactive ketones (excluding diaryl/α,β-unsaturated/α-hetero) is 1. The van der Waals surface area contributed by atoms with E-state index in [0.29, 0.717) is 16.9 Å². The van der Waals surface area contributed by atoms with Crippen LogP contribution in [0.25, 0.3) is 0 Å². The molecule has 0 saturated carbocycles. The quantitative estimate of drug-likeness (QED) is 0.622. The number of nitrogens with two attached hydrogens (primary N) is 1. The number of nitrogens with zero attached hydrogens (tertiary/aromatic N) is 1. The first-order chi connectivity index (χ1) is 11.4. The van der Waals surface area contributed by atoms with Gasteiger partial charge in [0.1, 0.15) is 0 Å². The molecule has 0 atom stereocenters. The van der Waals surface area contributed by atoms with Crippen molar-refractivity contribution in [1.29, 1.82) is 0 Å². The molecule has 0 aromatic heterocycles. The minimum Gasteiger partial charge on any atom is -0.405 e. The van der Waals surface area contributed by atoms with Crippen molar-refractivity contribution in [3.63, 3.8) is 0 Å². The van der Waals surface area contributed by atoms with Crippen LogP contribution in [-0.4, -0.2) is 20.4 Å². The molecule has 0 amide bonds. The second kappa shape index (κ2) is 7.56. The van der Waals surface area contributed by atoms with Gasteiger partial charge in [-0.2, -0.15) is 0 Å². The molecular formula is C17H17N3O3S. The van der Waals surface area contributed by atoms with E-state index < -0.39 is 10.0 Å². The van der Waals surface area contributed by atoms with E-state index >= 15 is 0 Å². The van der Waals surface area contributed by atoms with Crippen LogP contribution in [-0.2, 0) is 10.0 Å². The van der Waals surface area contributed by atoms with Gasteiger partial charge in [-0.25, -0.2) is 8.42 Å². The van der Waals surface area contributed by atoms with Gasteiger partial charge in [-0.1, -0.05) is 24.3 Å².